The van der Waals surface area contributed by atoms with Crippen molar-refractivity contribution >= 4 is 11.9 Å². The van der Waals surface area contributed by atoms with Gasteiger partial charge in [0.1, 0.15) is 13.2 Å². The van der Waals surface area contributed by atoms with E-state index >= 15 is 0 Å². The molecular weight excluding hydrogens is 242 g/mol. The zero-order valence-electron chi connectivity index (χ0n) is 10.1. The number of carbonyl (C=O) groups excluding carboxylic acids is 1. The molecule has 7 nitrogen and oxygen atoms in total. The third-order valence-corrected chi connectivity index (χ3v) is 3.03. The van der Waals surface area contributed by atoms with Gasteiger partial charge in [0.25, 0.3) is 0 Å². The average Bonchev–Trinajstić information content (AvgIpc) is 2.76. The van der Waals surface area contributed by atoms with Gasteiger partial charge in [-0.05, 0) is 6.42 Å². The summed E-state index contributed by atoms with van der Waals surface area (Å²) in [5, 5.41) is 8.41. The van der Waals surface area contributed by atoms with Crippen LogP contribution in [0.2, 0.25) is 0 Å². The summed E-state index contributed by atoms with van der Waals surface area (Å²) in [7, 11) is 0. The predicted octanol–water partition coefficient (Wildman–Crippen LogP) is -0.547. The van der Waals surface area contributed by atoms with Gasteiger partial charge in [-0.3, -0.25) is 4.79 Å². The Morgan fingerprint density at radius 3 is 2.67 bits per heavy atom. The van der Waals surface area contributed by atoms with Gasteiger partial charge >= 0.3 is 5.97 Å². The fourth-order valence-corrected chi connectivity index (χ4v) is 2.25. The molecule has 2 rings (SSSR count). The lowest BCUT2D eigenvalue weighted by molar-refractivity contribution is -0.194. The molecule has 2 fully saturated rings. The normalized spacial score (nSPS) is 22.3. The van der Waals surface area contributed by atoms with Crippen LogP contribution >= 0.6 is 0 Å². The lowest BCUT2D eigenvalue weighted by Crippen LogP contribution is -2.51. The molecule has 0 aromatic carbocycles. The van der Waals surface area contributed by atoms with Gasteiger partial charge in [0.2, 0.25) is 5.91 Å². The number of likely N-dealkylation sites (tertiary alicyclic amines) is 1. The molecule has 2 heterocycles. The van der Waals surface area contributed by atoms with Gasteiger partial charge in [0.05, 0.1) is 19.8 Å². The number of aliphatic carboxylic acids is 1. The first kappa shape index (κ1) is 13.3. The standard InChI is InChI=1S/C11H17NO6/c13-9(6-16-7-10(14)15)12-3-1-2-11(8-12)17-4-5-18-11/h1-8H2,(H,14,15). The maximum Gasteiger partial charge on any atom is 0.329 e. The Bertz CT molecular complexity index is 325. The monoisotopic (exact) mass is 259 g/mol. The Kier molecular flexibility index (Phi) is 4.15. The van der Waals surface area contributed by atoms with Crippen LogP contribution in [0.1, 0.15) is 12.8 Å². The van der Waals surface area contributed by atoms with Crippen LogP contribution in [0.4, 0.5) is 0 Å². The molecule has 2 aliphatic rings. The quantitative estimate of drug-likeness (QED) is 0.729. The molecule has 0 aliphatic carbocycles. The molecule has 0 aromatic rings. The van der Waals surface area contributed by atoms with Crippen LogP contribution in [0.25, 0.3) is 0 Å². The van der Waals surface area contributed by atoms with Crippen molar-refractivity contribution in [1.82, 2.24) is 4.90 Å². The highest BCUT2D eigenvalue weighted by molar-refractivity contribution is 5.78. The van der Waals surface area contributed by atoms with E-state index in [1.807, 2.05) is 0 Å². The first-order valence-electron chi connectivity index (χ1n) is 5.97. The summed E-state index contributed by atoms with van der Waals surface area (Å²) in [6.07, 6.45) is 1.59. The van der Waals surface area contributed by atoms with Gasteiger partial charge in [-0.25, -0.2) is 4.79 Å². The van der Waals surface area contributed by atoms with Gasteiger partial charge in [-0.1, -0.05) is 0 Å². The molecule has 1 spiro atoms. The molecule has 0 radical (unpaired) electrons. The van der Waals surface area contributed by atoms with Crippen molar-refractivity contribution < 1.29 is 28.9 Å². The summed E-state index contributed by atoms with van der Waals surface area (Å²) in [6, 6.07) is 0. The van der Waals surface area contributed by atoms with Crippen LogP contribution < -0.4 is 0 Å². The molecule has 2 aliphatic heterocycles. The number of piperidine rings is 1. The molecule has 0 aromatic heterocycles. The maximum absolute atomic E-state index is 11.8. The maximum atomic E-state index is 11.8. The van der Waals surface area contributed by atoms with Gasteiger partial charge in [-0.2, -0.15) is 0 Å². The number of ether oxygens (including phenoxy) is 3. The Morgan fingerprint density at radius 1 is 1.28 bits per heavy atom. The van der Waals surface area contributed by atoms with E-state index < -0.39 is 18.4 Å². The van der Waals surface area contributed by atoms with Crippen LogP contribution in [0.5, 0.6) is 0 Å². The molecule has 7 heteroatoms. The van der Waals surface area contributed by atoms with Crippen molar-refractivity contribution in [2.45, 2.75) is 18.6 Å². The van der Waals surface area contributed by atoms with E-state index in [0.29, 0.717) is 26.3 Å². The van der Waals surface area contributed by atoms with Gasteiger partial charge < -0.3 is 24.2 Å². The fourth-order valence-electron chi connectivity index (χ4n) is 2.25. The van der Waals surface area contributed by atoms with Crippen molar-refractivity contribution in [3.63, 3.8) is 0 Å². The van der Waals surface area contributed by atoms with Crippen molar-refractivity contribution in [2.24, 2.45) is 0 Å². The Hall–Kier alpha value is -1.18. The van der Waals surface area contributed by atoms with E-state index in [1.54, 1.807) is 4.90 Å². The first-order valence-corrected chi connectivity index (χ1v) is 5.97. The lowest BCUT2D eigenvalue weighted by atomic mass is 10.0. The second kappa shape index (κ2) is 5.64. The molecule has 102 valence electrons. The highest BCUT2D eigenvalue weighted by Crippen LogP contribution is 2.29. The molecule has 1 amide bonds. The summed E-state index contributed by atoms with van der Waals surface area (Å²) >= 11 is 0. The van der Waals surface area contributed by atoms with Crippen LogP contribution in [0.15, 0.2) is 0 Å². The Balaban J connectivity index is 1.81. The minimum atomic E-state index is -1.08. The number of carbonyl (C=O) groups is 2. The van der Waals surface area contributed by atoms with Crippen LogP contribution in [-0.2, 0) is 23.8 Å². The molecule has 18 heavy (non-hydrogen) atoms. The summed E-state index contributed by atoms with van der Waals surface area (Å²) in [6.45, 7) is 1.45. The number of hydrogen-bond acceptors (Lipinski definition) is 5. The topological polar surface area (TPSA) is 85.3 Å². The van der Waals surface area contributed by atoms with Crippen LogP contribution in [0, 0.1) is 0 Å². The minimum Gasteiger partial charge on any atom is -0.480 e. The fraction of sp³-hybridized carbons (Fsp3) is 0.818. The zero-order valence-corrected chi connectivity index (χ0v) is 10.1. The number of carboxylic acid groups (broad SMARTS) is 1. The number of amides is 1. The summed E-state index contributed by atoms with van der Waals surface area (Å²) in [5.41, 5.74) is 0. The molecule has 2 saturated heterocycles. The smallest absolute Gasteiger partial charge is 0.329 e. The highest BCUT2D eigenvalue weighted by atomic mass is 16.7. The van der Waals surface area contributed by atoms with Crippen molar-refractivity contribution in [2.75, 3.05) is 39.5 Å². The second-order valence-electron chi connectivity index (χ2n) is 4.41. The molecular formula is C11H17NO6. The van der Waals surface area contributed by atoms with E-state index in [9.17, 15) is 9.59 Å². The Labute approximate surface area is 105 Å². The lowest BCUT2D eigenvalue weighted by Gasteiger charge is -2.38. The SMILES string of the molecule is O=C(O)COCC(=O)N1CCCC2(C1)OCCO2. The van der Waals surface area contributed by atoms with E-state index in [0.717, 1.165) is 12.8 Å². The van der Waals surface area contributed by atoms with E-state index in [-0.39, 0.29) is 12.5 Å². The third kappa shape index (κ3) is 3.18. The Morgan fingerprint density at radius 2 is 2.00 bits per heavy atom. The predicted molar refractivity (Wildman–Crippen MR) is 58.9 cm³/mol. The number of nitrogens with zero attached hydrogens (tertiary/aromatic N) is 1. The molecule has 1 N–H and O–H groups in total. The van der Waals surface area contributed by atoms with E-state index in [1.165, 1.54) is 0 Å². The van der Waals surface area contributed by atoms with Gasteiger partial charge in [0, 0.05) is 13.0 Å². The summed E-state index contributed by atoms with van der Waals surface area (Å²) in [5.74, 6) is -1.96. The van der Waals surface area contributed by atoms with Gasteiger partial charge in [0.15, 0.2) is 5.79 Å². The van der Waals surface area contributed by atoms with Crippen LogP contribution in [0.3, 0.4) is 0 Å². The van der Waals surface area contributed by atoms with Crippen molar-refractivity contribution in [1.29, 1.82) is 0 Å². The number of hydrogen-bond donors (Lipinski definition) is 1. The minimum absolute atomic E-state index is 0.220. The van der Waals surface area contributed by atoms with Crippen molar-refractivity contribution in [3.8, 4) is 0 Å². The average molecular weight is 259 g/mol. The van der Waals surface area contributed by atoms with E-state index in [2.05, 4.69) is 0 Å². The molecule has 0 saturated carbocycles. The zero-order chi connectivity index (χ0) is 13.0. The van der Waals surface area contributed by atoms with Crippen LogP contribution in [-0.4, -0.2) is 67.2 Å². The van der Waals surface area contributed by atoms with Gasteiger partial charge in [-0.15, -0.1) is 0 Å². The first-order chi connectivity index (χ1) is 8.61. The third-order valence-electron chi connectivity index (χ3n) is 3.03. The van der Waals surface area contributed by atoms with Crippen molar-refractivity contribution in [3.05, 3.63) is 0 Å². The second-order valence-corrected chi connectivity index (χ2v) is 4.41. The largest absolute Gasteiger partial charge is 0.480 e. The molecule has 0 bridgehead atoms. The van der Waals surface area contributed by atoms with E-state index in [4.69, 9.17) is 19.3 Å². The molecule has 0 unspecified atom stereocenters. The molecule has 0 atom stereocenters. The number of rotatable bonds is 4. The summed E-state index contributed by atoms with van der Waals surface area (Å²) < 4.78 is 15.9. The summed E-state index contributed by atoms with van der Waals surface area (Å²) in [4.78, 5) is 23.7. The number of carboxylic acids is 1. The highest BCUT2D eigenvalue weighted by Gasteiger charge is 2.41.